The van der Waals surface area contributed by atoms with E-state index >= 15 is 0 Å². The smallest absolute Gasteiger partial charge is 0.155 e. The van der Waals surface area contributed by atoms with Gasteiger partial charge in [0.25, 0.3) is 0 Å². The Kier molecular flexibility index (Phi) is 2.06. The molecule has 0 radical (unpaired) electrons. The molecule has 0 aliphatic rings. The molecule has 0 N–H and O–H groups in total. The lowest BCUT2D eigenvalue weighted by Gasteiger charge is -2.01. The minimum atomic E-state index is 0.352. The number of nitrogens with zero attached hydrogens (tertiary/aromatic N) is 3. The van der Waals surface area contributed by atoms with Crippen LogP contribution < -0.4 is 0 Å². The Hall–Kier alpha value is -0.930. The van der Waals surface area contributed by atoms with E-state index in [0.717, 1.165) is 5.39 Å². The van der Waals surface area contributed by atoms with Crippen molar-refractivity contribution in [2.75, 3.05) is 0 Å². The molecule has 3 nitrogen and oxygen atoms in total. The van der Waals surface area contributed by atoms with Gasteiger partial charge in [-0.2, -0.15) is 0 Å². The van der Waals surface area contributed by atoms with Gasteiger partial charge in [-0.15, -0.1) is 0 Å². The van der Waals surface area contributed by atoms with E-state index in [9.17, 15) is 0 Å². The topological polar surface area (TPSA) is 38.7 Å². The fourth-order valence-electron chi connectivity index (χ4n) is 1.09. The quantitative estimate of drug-likeness (QED) is 0.499. The van der Waals surface area contributed by atoms with E-state index < -0.39 is 0 Å². The van der Waals surface area contributed by atoms with Gasteiger partial charge in [-0.25, -0.2) is 15.0 Å². The highest BCUT2D eigenvalue weighted by atomic mass is 35.5. The first-order chi connectivity index (χ1) is 6.18. The molecule has 0 aliphatic heterocycles. The highest BCUT2D eigenvalue weighted by Gasteiger charge is 2.06. The molecule has 2 aromatic rings. The summed E-state index contributed by atoms with van der Waals surface area (Å²) in [6.45, 7) is 1.76. The first kappa shape index (κ1) is 8.66. The van der Waals surface area contributed by atoms with Crippen LogP contribution in [0.5, 0.6) is 0 Å². The Labute approximate surface area is 84.7 Å². The van der Waals surface area contributed by atoms with Crippen LogP contribution in [-0.4, -0.2) is 15.0 Å². The van der Waals surface area contributed by atoms with Gasteiger partial charge in [-0.1, -0.05) is 23.2 Å². The van der Waals surface area contributed by atoms with Crippen LogP contribution in [0, 0.1) is 6.92 Å². The van der Waals surface area contributed by atoms with Crippen LogP contribution >= 0.6 is 23.2 Å². The van der Waals surface area contributed by atoms with E-state index in [1.54, 1.807) is 19.2 Å². The molecule has 0 aliphatic carbocycles. The molecule has 0 saturated carbocycles. The molecule has 0 fully saturated rings. The van der Waals surface area contributed by atoms with E-state index in [-0.39, 0.29) is 0 Å². The Bertz CT molecular complexity index is 470. The third kappa shape index (κ3) is 1.45. The summed E-state index contributed by atoms with van der Waals surface area (Å²) in [6.07, 6.45) is 1.58. The van der Waals surface area contributed by atoms with E-state index in [0.29, 0.717) is 21.6 Å². The predicted molar refractivity (Wildman–Crippen MR) is 52.1 cm³/mol. The van der Waals surface area contributed by atoms with Gasteiger partial charge in [0.2, 0.25) is 0 Å². The van der Waals surface area contributed by atoms with Gasteiger partial charge < -0.3 is 0 Å². The third-order valence-corrected chi connectivity index (χ3v) is 2.20. The lowest BCUT2D eigenvalue weighted by atomic mass is 10.3. The molecule has 0 amide bonds. The molecule has 2 rings (SSSR count). The number of halogens is 2. The summed E-state index contributed by atoms with van der Waals surface area (Å²) in [7, 11) is 0. The van der Waals surface area contributed by atoms with Gasteiger partial charge in [0.15, 0.2) is 5.15 Å². The Balaban J connectivity index is 2.94. The normalized spacial score (nSPS) is 10.7. The summed E-state index contributed by atoms with van der Waals surface area (Å²) < 4.78 is 0. The zero-order chi connectivity index (χ0) is 9.42. The number of hydrogen-bond acceptors (Lipinski definition) is 3. The van der Waals surface area contributed by atoms with Crippen molar-refractivity contribution in [1.82, 2.24) is 15.0 Å². The van der Waals surface area contributed by atoms with Gasteiger partial charge in [0, 0.05) is 11.6 Å². The summed E-state index contributed by atoms with van der Waals surface area (Å²) in [5, 5.41) is 1.49. The third-order valence-electron chi connectivity index (χ3n) is 1.64. The second kappa shape index (κ2) is 3.09. The van der Waals surface area contributed by atoms with Crippen LogP contribution in [0.2, 0.25) is 10.3 Å². The standard InChI is InChI=1S/C8H5Cl2N3/c1-4-12-6-5(7(9)13-4)2-3-11-8(6)10/h2-3H,1H3. The molecule has 0 atom stereocenters. The van der Waals surface area contributed by atoms with Crippen molar-refractivity contribution in [2.24, 2.45) is 0 Å². The number of hydrogen-bond donors (Lipinski definition) is 0. The van der Waals surface area contributed by atoms with Crippen molar-refractivity contribution in [3.8, 4) is 0 Å². The Morgan fingerprint density at radius 3 is 2.69 bits per heavy atom. The van der Waals surface area contributed by atoms with Gasteiger partial charge in [-0.05, 0) is 13.0 Å². The van der Waals surface area contributed by atoms with Crippen molar-refractivity contribution in [1.29, 1.82) is 0 Å². The molecule has 0 unspecified atom stereocenters. The van der Waals surface area contributed by atoms with E-state index in [1.807, 2.05) is 0 Å². The molecule has 0 bridgehead atoms. The molecule has 0 aromatic carbocycles. The zero-order valence-electron chi connectivity index (χ0n) is 6.75. The van der Waals surface area contributed by atoms with Crippen molar-refractivity contribution in [3.05, 3.63) is 28.4 Å². The van der Waals surface area contributed by atoms with Crippen molar-refractivity contribution >= 4 is 34.1 Å². The first-order valence-corrected chi connectivity index (χ1v) is 4.38. The second-order valence-electron chi connectivity index (χ2n) is 2.56. The zero-order valence-corrected chi connectivity index (χ0v) is 8.26. The molecule has 0 spiro atoms. The van der Waals surface area contributed by atoms with Crippen LogP contribution in [-0.2, 0) is 0 Å². The number of rotatable bonds is 0. The van der Waals surface area contributed by atoms with Crippen LogP contribution in [0.3, 0.4) is 0 Å². The number of fused-ring (bicyclic) bond motifs is 1. The summed E-state index contributed by atoms with van der Waals surface area (Å²) in [6, 6.07) is 1.74. The maximum absolute atomic E-state index is 5.90. The molecular weight excluding hydrogens is 209 g/mol. The van der Waals surface area contributed by atoms with Crippen molar-refractivity contribution in [2.45, 2.75) is 6.92 Å². The molecule has 5 heteroatoms. The molecule has 2 aromatic heterocycles. The number of aryl methyl sites for hydroxylation is 1. The summed E-state index contributed by atoms with van der Waals surface area (Å²) in [5.74, 6) is 0.590. The van der Waals surface area contributed by atoms with Crippen molar-refractivity contribution in [3.63, 3.8) is 0 Å². The molecular formula is C8H5Cl2N3. The number of aromatic nitrogens is 3. The second-order valence-corrected chi connectivity index (χ2v) is 3.28. The maximum Gasteiger partial charge on any atom is 0.155 e. The summed E-state index contributed by atoms with van der Waals surface area (Å²) in [4.78, 5) is 12.1. The monoisotopic (exact) mass is 213 g/mol. The predicted octanol–water partition coefficient (Wildman–Crippen LogP) is 2.64. The average Bonchev–Trinajstić information content (AvgIpc) is 2.07. The van der Waals surface area contributed by atoms with E-state index in [1.165, 1.54) is 0 Å². The lowest BCUT2D eigenvalue weighted by molar-refractivity contribution is 1.09. The first-order valence-electron chi connectivity index (χ1n) is 3.63. The molecule has 13 heavy (non-hydrogen) atoms. The lowest BCUT2D eigenvalue weighted by Crippen LogP contribution is -1.91. The average molecular weight is 214 g/mol. The van der Waals surface area contributed by atoms with Gasteiger partial charge in [0.1, 0.15) is 16.5 Å². The van der Waals surface area contributed by atoms with Gasteiger partial charge in [0.05, 0.1) is 0 Å². The highest BCUT2D eigenvalue weighted by Crippen LogP contribution is 2.23. The molecule has 66 valence electrons. The van der Waals surface area contributed by atoms with E-state index in [4.69, 9.17) is 23.2 Å². The van der Waals surface area contributed by atoms with Crippen LogP contribution in [0.15, 0.2) is 12.3 Å². The molecule has 0 saturated heterocycles. The fraction of sp³-hybridized carbons (Fsp3) is 0.125. The van der Waals surface area contributed by atoms with Crippen LogP contribution in [0.25, 0.3) is 10.9 Å². The van der Waals surface area contributed by atoms with Crippen molar-refractivity contribution < 1.29 is 0 Å². The van der Waals surface area contributed by atoms with Crippen LogP contribution in [0.1, 0.15) is 5.82 Å². The maximum atomic E-state index is 5.90. The Morgan fingerprint density at radius 1 is 1.15 bits per heavy atom. The SMILES string of the molecule is Cc1nc(Cl)c2ccnc(Cl)c2n1. The van der Waals surface area contributed by atoms with Crippen LogP contribution in [0.4, 0.5) is 0 Å². The van der Waals surface area contributed by atoms with Gasteiger partial charge in [-0.3, -0.25) is 0 Å². The Morgan fingerprint density at radius 2 is 1.92 bits per heavy atom. The summed E-state index contributed by atoms with van der Waals surface area (Å²) in [5.41, 5.74) is 0.599. The van der Waals surface area contributed by atoms with E-state index in [2.05, 4.69) is 15.0 Å². The minimum absolute atomic E-state index is 0.352. The fourth-order valence-corrected chi connectivity index (χ4v) is 1.57. The number of pyridine rings is 1. The summed E-state index contributed by atoms with van der Waals surface area (Å²) >= 11 is 11.7. The minimum Gasteiger partial charge on any atom is -0.242 e. The highest BCUT2D eigenvalue weighted by molar-refractivity contribution is 6.37. The largest absolute Gasteiger partial charge is 0.242 e. The molecule has 2 heterocycles. The van der Waals surface area contributed by atoms with Gasteiger partial charge >= 0.3 is 0 Å².